The van der Waals surface area contributed by atoms with Crippen LogP contribution in [0.1, 0.15) is 11.3 Å². The first-order chi connectivity index (χ1) is 7.04. The molecule has 0 atom stereocenters. The molecule has 1 rings (SSSR count). The summed E-state index contributed by atoms with van der Waals surface area (Å²) in [5, 5.41) is 8.92. The quantitative estimate of drug-likeness (QED) is 0.830. The van der Waals surface area contributed by atoms with E-state index in [0.717, 1.165) is 0 Å². The molecule has 0 bridgehead atoms. The zero-order valence-corrected chi connectivity index (χ0v) is 8.74. The molecule has 0 aliphatic rings. The highest BCUT2D eigenvalue weighted by Crippen LogP contribution is 2.14. The fourth-order valence-corrected chi connectivity index (χ4v) is 1.26. The molecule has 1 aromatic rings. The molecule has 1 N–H and O–H groups in total. The number of rotatable bonds is 4. The lowest BCUT2D eigenvalue weighted by Gasteiger charge is -2.18. The van der Waals surface area contributed by atoms with Crippen molar-refractivity contribution >= 4 is 5.82 Å². The molecule has 3 nitrogen and oxygen atoms in total. The van der Waals surface area contributed by atoms with E-state index in [9.17, 15) is 8.78 Å². The summed E-state index contributed by atoms with van der Waals surface area (Å²) in [5.41, 5.74) is 1.38. The van der Waals surface area contributed by atoms with Crippen molar-refractivity contribution in [2.24, 2.45) is 0 Å². The maximum atomic E-state index is 12.1. The minimum absolute atomic E-state index is 0.0856. The molecule has 84 valence electrons. The molecule has 0 saturated heterocycles. The number of halogens is 2. The average molecular weight is 216 g/mol. The van der Waals surface area contributed by atoms with E-state index >= 15 is 0 Å². The van der Waals surface area contributed by atoms with E-state index in [2.05, 4.69) is 4.98 Å². The van der Waals surface area contributed by atoms with Crippen LogP contribution in [0.2, 0.25) is 0 Å². The second-order valence-corrected chi connectivity index (χ2v) is 3.34. The molecule has 0 spiro atoms. The fourth-order valence-electron chi connectivity index (χ4n) is 1.26. The summed E-state index contributed by atoms with van der Waals surface area (Å²) in [4.78, 5) is 5.52. The zero-order chi connectivity index (χ0) is 11.4. The third kappa shape index (κ3) is 3.13. The van der Waals surface area contributed by atoms with Gasteiger partial charge in [0, 0.05) is 12.7 Å². The first kappa shape index (κ1) is 11.8. The molecule has 0 fully saturated rings. The maximum Gasteiger partial charge on any atom is 0.255 e. The van der Waals surface area contributed by atoms with Gasteiger partial charge in [0.1, 0.15) is 5.82 Å². The van der Waals surface area contributed by atoms with E-state index in [1.807, 2.05) is 0 Å². The Bertz CT molecular complexity index is 331. The van der Waals surface area contributed by atoms with E-state index in [0.29, 0.717) is 17.1 Å². The SMILES string of the molecule is Cc1nc(N(C)CC(F)F)ccc1CO. The first-order valence-corrected chi connectivity index (χ1v) is 4.61. The van der Waals surface area contributed by atoms with Crippen molar-refractivity contribution in [2.45, 2.75) is 20.0 Å². The second-order valence-electron chi connectivity index (χ2n) is 3.34. The molecule has 5 heteroatoms. The monoisotopic (exact) mass is 216 g/mol. The Morgan fingerprint density at radius 1 is 1.47 bits per heavy atom. The van der Waals surface area contributed by atoms with Crippen LogP contribution < -0.4 is 4.90 Å². The third-order valence-corrected chi connectivity index (χ3v) is 2.15. The van der Waals surface area contributed by atoms with Crippen LogP contribution in [0, 0.1) is 6.92 Å². The Kier molecular flexibility index (Phi) is 3.96. The van der Waals surface area contributed by atoms with Crippen LogP contribution >= 0.6 is 0 Å². The molecule has 0 saturated carbocycles. The maximum absolute atomic E-state index is 12.1. The van der Waals surface area contributed by atoms with Crippen molar-refractivity contribution < 1.29 is 13.9 Å². The molecule has 1 heterocycles. The number of aliphatic hydroxyl groups is 1. The topological polar surface area (TPSA) is 36.4 Å². The van der Waals surface area contributed by atoms with E-state index in [1.165, 1.54) is 4.90 Å². The van der Waals surface area contributed by atoms with Gasteiger partial charge in [0.2, 0.25) is 0 Å². The minimum atomic E-state index is -2.38. The van der Waals surface area contributed by atoms with Gasteiger partial charge in [-0.2, -0.15) is 0 Å². The first-order valence-electron chi connectivity index (χ1n) is 4.61. The summed E-state index contributed by atoms with van der Waals surface area (Å²) in [7, 11) is 1.56. The van der Waals surface area contributed by atoms with Crippen molar-refractivity contribution in [2.75, 3.05) is 18.5 Å². The van der Waals surface area contributed by atoms with Crippen molar-refractivity contribution in [3.05, 3.63) is 23.4 Å². The number of anilines is 1. The second kappa shape index (κ2) is 5.02. The molecule has 0 unspecified atom stereocenters. The number of aromatic nitrogens is 1. The number of pyridine rings is 1. The van der Waals surface area contributed by atoms with Gasteiger partial charge >= 0.3 is 0 Å². The minimum Gasteiger partial charge on any atom is -0.392 e. The molecule has 0 aliphatic carbocycles. The standard InChI is InChI=1S/C10H14F2N2O/c1-7-8(6-15)3-4-10(13-7)14(2)5-9(11)12/h3-4,9,15H,5-6H2,1-2H3. The lowest BCUT2D eigenvalue weighted by Crippen LogP contribution is -2.25. The smallest absolute Gasteiger partial charge is 0.255 e. The summed E-state index contributed by atoms with van der Waals surface area (Å²) >= 11 is 0. The molecular formula is C10H14F2N2O. The number of aryl methyl sites for hydroxylation is 1. The highest BCUT2D eigenvalue weighted by Gasteiger charge is 2.10. The Morgan fingerprint density at radius 2 is 2.13 bits per heavy atom. The summed E-state index contributed by atoms with van der Waals surface area (Å²) in [6.07, 6.45) is -2.38. The van der Waals surface area contributed by atoms with Gasteiger partial charge in [0.15, 0.2) is 0 Å². The molecule has 0 amide bonds. The van der Waals surface area contributed by atoms with Gasteiger partial charge in [-0.05, 0) is 18.6 Å². The zero-order valence-electron chi connectivity index (χ0n) is 8.74. The molecular weight excluding hydrogens is 202 g/mol. The Hall–Kier alpha value is -1.23. The van der Waals surface area contributed by atoms with Crippen molar-refractivity contribution in [3.8, 4) is 0 Å². The summed E-state index contributed by atoms with van der Waals surface area (Å²) in [5.74, 6) is 0.491. The number of alkyl halides is 2. The molecule has 1 aromatic heterocycles. The van der Waals surface area contributed by atoms with Crippen LogP contribution in [0.5, 0.6) is 0 Å². The van der Waals surface area contributed by atoms with Gasteiger partial charge in [0.05, 0.1) is 13.2 Å². The van der Waals surface area contributed by atoms with Crippen molar-refractivity contribution in [1.82, 2.24) is 4.98 Å². The molecule has 0 aromatic carbocycles. The fraction of sp³-hybridized carbons (Fsp3) is 0.500. The summed E-state index contributed by atoms with van der Waals surface area (Å²) in [6, 6.07) is 3.32. The molecule has 0 aliphatic heterocycles. The van der Waals surface area contributed by atoms with Crippen molar-refractivity contribution in [3.63, 3.8) is 0 Å². The summed E-state index contributed by atoms with van der Waals surface area (Å²) in [6.45, 7) is 1.31. The van der Waals surface area contributed by atoms with Crippen LogP contribution in [0.3, 0.4) is 0 Å². The Morgan fingerprint density at radius 3 is 2.60 bits per heavy atom. The highest BCUT2D eigenvalue weighted by molar-refractivity contribution is 5.40. The lowest BCUT2D eigenvalue weighted by molar-refractivity contribution is 0.156. The van der Waals surface area contributed by atoms with Crippen LogP contribution in [0.4, 0.5) is 14.6 Å². The normalized spacial score (nSPS) is 10.8. The van der Waals surface area contributed by atoms with Crippen LogP contribution in [-0.2, 0) is 6.61 Å². The van der Waals surface area contributed by atoms with E-state index in [-0.39, 0.29) is 13.2 Å². The van der Waals surface area contributed by atoms with Crippen LogP contribution in [0.15, 0.2) is 12.1 Å². The Labute approximate surface area is 87.4 Å². The predicted octanol–water partition coefficient (Wildman–Crippen LogP) is 1.58. The van der Waals surface area contributed by atoms with Gasteiger partial charge in [-0.3, -0.25) is 0 Å². The van der Waals surface area contributed by atoms with Gasteiger partial charge in [-0.1, -0.05) is 6.07 Å². The van der Waals surface area contributed by atoms with E-state index in [1.54, 1.807) is 26.1 Å². The van der Waals surface area contributed by atoms with Crippen LogP contribution in [-0.4, -0.2) is 30.1 Å². The Balaban J connectivity index is 2.82. The number of hydrogen-bond acceptors (Lipinski definition) is 3. The van der Waals surface area contributed by atoms with Gasteiger partial charge in [-0.15, -0.1) is 0 Å². The number of aliphatic hydroxyl groups excluding tert-OH is 1. The predicted molar refractivity (Wildman–Crippen MR) is 54.2 cm³/mol. The van der Waals surface area contributed by atoms with Gasteiger partial charge < -0.3 is 10.0 Å². The number of nitrogens with zero attached hydrogens (tertiary/aromatic N) is 2. The van der Waals surface area contributed by atoms with Crippen LogP contribution in [0.25, 0.3) is 0 Å². The highest BCUT2D eigenvalue weighted by atomic mass is 19.3. The van der Waals surface area contributed by atoms with Crippen molar-refractivity contribution in [1.29, 1.82) is 0 Å². The average Bonchev–Trinajstić information content (AvgIpc) is 2.16. The molecule has 0 radical (unpaired) electrons. The van der Waals surface area contributed by atoms with Gasteiger partial charge in [0.25, 0.3) is 6.43 Å². The summed E-state index contributed by atoms with van der Waals surface area (Å²) < 4.78 is 24.2. The van der Waals surface area contributed by atoms with Gasteiger partial charge in [-0.25, -0.2) is 13.8 Å². The van der Waals surface area contributed by atoms with E-state index < -0.39 is 6.43 Å². The van der Waals surface area contributed by atoms with E-state index in [4.69, 9.17) is 5.11 Å². The lowest BCUT2D eigenvalue weighted by atomic mass is 10.2. The number of hydrogen-bond donors (Lipinski definition) is 1. The largest absolute Gasteiger partial charge is 0.392 e. The molecule has 15 heavy (non-hydrogen) atoms. The third-order valence-electron chi connectivity index (χ3n) is 2.15.